The first-order chi connectivity index (χ1) is 11.1. The summed E-state index contributed by atoms with van der Waals surface area (Å²) >= 11 is 4.98. The van der Waals surface area contributed by atoms with Crippen LogP contribution < -0.4 is 15.4 Å². The maximum absolute atomic E-state index is 13.5. The third-order valence-corrected chi connectivity index (χ3v) is 3.12. The molecule has 0 heterocycles. The Bertz CT molecular complexity index is 747. The minimum absolute atomic E-state index is 0.0183. The average molecular weight is 330 g/mol. The monoisotopic (exact) mass is 330 g/mol. The molecule has 0 atom stereocenters. The molecule has 0 aromatic heterocycles. The molecule has 0 fully saturated rings. The minimum atomic E-state index is -0.450. The lowest BCUT2D eigenvalue weighted by molar-refractivity contribution is -0.115. The summed E-state index contributed by atoms with van der Waals surface area (Å²) in [4.78, 5) is 11.8. The number of hydrogen-bond donors (Lipinski definition) is 2. The Labute approximate surface area is 139 Å². The van der Waals surface area contributed by atoms with Gasteiger partial charge in [0.05, 0.1) is 12.8 Å². The predicted octanol–water partition coefficient (Wildman–Crippen LogP) is 3.36. The Morgan fingerprint density at radius 1 is 1.17 bits per heavy atom. The van der Waals surface area contributed by atoms with E-state index in [9.17, 15) is 9.18 Å². The zero-order chi connectivity index (χ0) is 16.7. The third kappa shape index (κ3) is 4.89. The van der Waals surface area contributed by atoms with E-state index in [0.717, 1.165) is 5.56 Å². The molecular weight excluding hydrogens is 315 g/mol. The molecule has 0 aliphatic rings. The molecule has 2 aromatic carbocycles. The van der Waals surface area contributed by atoms with Crippen molar-refractivity contribution in [1.29, 1.82) is 0 Å². The van der Waals surface area contributed by atoms with E-state index < -0.39 is 11.7 Å². The van der Waals surface area contributed by atoms with Crippen LogP contribution in [0.15, 0.2) is 54.6 Å². The van der Waals surface area contributed by atoms with Crippen molar-refractivity contribution in [3.63, 3.8) is 0 Å². The molecule has 2 N–H and O–H groups in total. The third-order valence-electron chi connectivity index (χ3n) is 2.91. The standard InChI is InChI=1S/C17H15FN2O2S/c1-22-15-9-5-2-6-12(15)10-11-16(21)20-17(23)19-14-8-4-3-7-13(14)18/h2-11H,1H3,(H2,19,20,21,23)/b11-10+. The Balaban J connectivity index is 1.95. The van der Waals surface area contributed by atoms with Crippen molar-refractivity contribution in [2.75, 3.05) is 12.4 Å². The van der Waals surface area contributed by atoms with Crippen LogP contribution >= 0.6 is 12.2 Å². The van der Waals surface area contributed by atoms with Crippen LogP contribution in [-0.4, -0.2) is 18.1 Å². The van der Waals surface area contributed by atoms with Crippen LogP contribution in [0.4, 0.5) is 10.1 Å². The summed E-state index contributed by atoms with van der Waals surface area (Å²) < 4.78 is 18.7. The number of ether oxygens (including phenoxy) is 1. The highest BCUT2D eigenvalue weighted by atomic mass is 32.1. The quantitative estimate of drug-likeness (QED) is 0.667. The second-order valence-corrected chi connectivity index (χ2v) is 4.91. The number of carbonyl (C=O) groups excluding carboxylic acids is 1. The van der Waals surface area contributed by atoms with Gasteiger partial charge in [0, 0.05) is 11.6 Å². The molecule has 4 nitrogen and oxygen atoms in total. The number of methoxy groups -OCH3 is 1. The van der Waals surface area contributed by atoms with Crippen LogP contribution in [0.2, 0.25) is 0 Å². The molecule has 1 amide bonds. The number of rotatable bonds is 4. The average Bonchev–Trinajstić information content (AvgIpc) is 2.55. The molecule has 0 radical (unpaired) electrons. The molecule has 2 aromatic rings. The first kappa shape index (κ1) is 16.6. The number of hydrogen-bond acceptors (Lipinski definition) is 3. The second-order valence-electron chi connectivity index (χ2n) is 4.50. The smallest absolute Gasteiger partial charge is 0.250 e. The lowest BCUT2D eigenvalue weighted by Crippen LogP contribution is -2.33. The molecule has 0 saturated heterocycles. The van der Waals surface area contributed by atoms with E-state index in [4.69, 9.17) is 17.0 Å². The first-order valence-corrected chi connectivity index (χ1v) is 7.18. The molecule has 2 rings (SSSR count). The van der Waals surface area contributed by atoms with E-state index in [1.165, 1.54) is 18.2 Å². The van der Waals surface area contributed by atoms with Gasteiger partial charge in [0.2, 0.25) is 5.91 Å². The summed E-state index contributed by atoms with van der Waals surface area (Å²) in [5.41, 5.74) is 0.963. The van der Waals surface area contributed by atoms with Gasteiger partial charge in [0.1, 0.15) is 11.6 Å². The summed E-state index contributed by atoms with van der Waals surface area (Å²) in [6.07, 6.45) is 2.94. The highest BCUT2D eigenvalue weighted by molar-refractivity contribution is 7.80. The van der Waals surface area contributed by atoms with E-state index in [1.54, 1.807) is 31.4 Å². The fourth-order valence-electron chi connectivity index (χ4n) is 1.84. The molecule has 118 valence electrons. The Morgan fingerprint density at radius 2 is 1.87 bits per heavy atom. The number of nitrogens with one attached hydrogen (secondary N) is 2. The SMILES string of the molecule is COc1ccccc1/C=C/C(=O)NC(=S)Nc1ccccc1F. The Kier molecular flexibility index (Phi) is 5.82. The van der Waals surface area contributed by atoms with Crippen LogP contribution in [0.1, 0.15) is 5.56 Å². The summed E-state index contributed by atoms with van der Waals surface area (Å²) in [5, 5.41) is 5.10. The summed E-state index contributed by atoms with van der Waals surface area (Å²) in [6.45, 7) is 0. The van der Waals surface area contributed by atoms with E-state index in [2.05, 4.69) is 10.6 Å². The van der Waals surface area contributed by atoms with Gasteiger partial charge in [0.25, 0.3) is 0 Å². The topological polar surface area (TPSA) is 50.4 Å². The Hall–Kier alpha value is -2.73. The van der Waals surface area contributed by atoms with Crippen LogP contribution in [0.5, 0.6) is 5.75 Å². The number of amides is 1. The van der Waals surface area contributed by atoms with Gasteiger partial charge in [-0.05, 0) is 36.5 Å². The van der Waals surface area contributed by atoms with Gasteiger partial charge in [-0.25, -0.2) is 4.39 Å². The normalized spacial score (nSPS) is 10.3. The largest absolute Gasteiger partial charge is 0.496 e. The highest BCUT2D eigenvalue weighted by Crippen LogP contribution is 2.18. The lowest BCUT2D eigenvalue weighted by atomic mass is 10.2. The molecular formula is C17H15FN2O2S. The van der Waals surface area contributed by atoms with E-state index >= 15 is 0 Å². The molecule has 0 bridgehead atoms. The number of halogens is 1. The highest BCUT2D eigenvalue weighted by Gasteiger charge is 2.05. The summed E-state index contributed by atoms with van der Waals surface area (Å²) in [7, 11) is 1.56. The summed E-state index contributed by atoms with van der Waals surface area (Å²) in [6, 6.07) is 13.3. The minimum Gasteiger partial charge on any atom is -0.496 e. The van der Waals surface area contributed by atoms with Gasteiger partial charge in [-0.2, -0.15) is 0 Å². The van der Waals surface area contributed by atoms with Crippen molar-refractivity contribution in [2.45, 2.75) is 0 Å². The second kappa shape index (κ2) is 8.05. The number of anilines is 1. The fraction of sp³-hybridized carbons (Fsp3) is 0.0588. The van der Waals surface area contributed by atoms with Crippen LogP contribution in [0.3, 0.4) is 0 Å². The van der Waals surface area contributed by atoms with Gasteiger partial charge < -0.3 is 10.1 Å². The fourth-order valence-corrected chi connectivity index (χ4v) is 2.05. The van der Waals surface area contributed by atoms with Crippen molar-refractivity contribution >= 4 is 35.0 Å². The van der Waals surface area contributed by atoms with Crippen LogP contribution in [-0.2, 0) is 4.79 Å². The maximum atomic E-state index is 13.5. The van der Waals surface area contributed by atoms with Crippen LogP contribution in [0, 0.1) is 5.82 Å². The molecule has 6 heteroatoms. The van der Waals surface area contributed by atoms with Gasteiger partial charge in [-0.1, -0.05) is 30.3 Å². The summed E-state index contributed by atoms with van der Waals surface area (Å²) in [5.74, 6) is -0.220. The molecule has 0 saturated carbocycles. The number of carbonyl (C=O) groups is 1. The lowest BCUT2D eigenvalue weighted by Gasteiger charge is -2.08. The van der Waals surface area contributed by atoms with Crippen molar-refractivity contribution in [3.05, 3.63) is 66.0 Å². The predicted molar refractivity (Wildman–Crippen MR) is 92.8 cm³/mol. The van der Waals surface area contributed by atoms with Crippen molar-refractivity contribution in [3.8, 4) is 5.75 Å². The molecule has 0 unspecified atom stereocenters. The van der Waals surface area contributed by atoms with Gasteiger partial charge in [-0.3, -0.25) is 10.1 Å². The maximum Gasteiger partial charge on any atom is 0.250 e. The zero-order valence-corrected chi connectivity index (χ0v) is 13.2. The molecule has 23 heavy (non-hydrogen) atoms. The van der Waals surface area contributed by atoms with Gasteiger partial charge in [0.15, 0.2) is 5.11 Å². The van der Waals surface area contributed by atoms with Crippen molar-refractivity contribution in [2.24, 2.45) is 0 Å². The van der Waals surface area contributed by atoms with Crippen molar-refractivity contribution in [1.82, 2.24) is 5.32 Å². The van der Waals surface area contributed by atoms with E-state index in [0.29, 0.717) is 5.75 Å². The number of para-hydroxylation sites is 2. The molecule has 0 aliphatic heterocycles. The van der Waals surface area contributed by atoms with E-state index in [1.807, 2.05) is 18.2 Å². The number of thiocarbonyl (C=S) groups is 1. The molecule has 0 spiro atoms. The van der Waals surface area contributed by atoms with E-state index in [-0.39, 0.29) is 10.8 Å². The zero-order valence-electron chi connectivity index (χ0n) is 12.4. The van der Waals surface area contributed by atoms with Gasteiger partial charge >= 0.3 is 0 Å². The first-order valence-electron chi connectivity index (χ1n) is 6.77. The van der Waals surface area contributed by atoms with Gasteiger partial charge in [-0.15, -0.1) is 0 Å². The number of benzene rings is 2. The van der Waals surface area contributed by atoms with Crippen LogP contribution in [0.25, 0.3) is 6.08 Å². The van der Waals surface area contributed by atoms with Crippen molar-refractivity contribution < 1.29 is 13.9 Å². The molecule has 0 aliphatic carbocycles. The Morgan fingerprint density at radius 3 is 2.61 bits per heavy atom.